The molecule has 1 heterocycles. The Morgan fingerprint density at radius 2 is 2.41 bits per heavy atom. The molecule has 1 aromatic heterocycles. The maximum absolute atomic E-state index is 10.9. The highest BCUT2D eigenvalue weighted by Gasteiger charge is 2.21. The average Bonchev–Trinajstić information content (AvgIpc) is 2.28. The van der Waals surface area contributed by atoms with Crippen molar-refractivity contribution in [3.8, 4) is 0 Å². The zero-order valence-electron chi connectivity index (χ0n) is 9.16. The number of carboxylic acid groups (broad SMARTS) is 1. The molecule has 7 nitrogen and oxygen atoms in total. The van der Waals surface area contributed by atoms with Crippen molar-refractivity contribution in [2.45, 2.75) is 0 Å². The molecule has 0 amide bonds. The number of aromatic carboxylic acids is 1. The fourth-order valence-electron chi connectivity index (χ4n) is 1.25. The van der Waals surface area contributed by atoms with Crippen LogP contribution < -0.4 is 4.90 Å². The average molecular weight is 237 g/mol. The molecule has 1 rings (SSSR count). The lowest BCUT2D eigenvalue weighted by Gasteiger charge is -2.15. The number of nitro groups is 1. The predicted octanol–water partition coefficient (Wildman–Crippen LogP) is 1.31. The molecule has 0 aliphatic heterocycles. The van der Waals surface area contributed by atoms with Crippen LogP contribution in [0.25, 0.3) is 0 Å². The maximum atomic E-state index is 10.9. The molecular formula is C10H11N3O4. The fourth-order valence-corrected chi connectivity index (χ4v) is 1.25. The summed E-state index contributed by atoms with van der Waals surface area (Å²) >= 11 is 0. The van der Waals surface area contributed by atoms with E-state index in [-0.39, 0.29) is 5.56 Å². The number of pyridine rings is 1. The van der Waals surface area contributed by atoms with Gasteiger partial charge in [-0.15, -0.1) is 6.58 Å². The molecule has 1 aromatic rings. The Morgan fingerprint density at radius 1 is 1.76 bits per heavy atom. The van der Waals surface area contributed by atoms with Gasteiger partial charge in [-0.25, -0.2) is 9.78 Å². The normalized spacial score (nSPS) is 9.71. The van der Waals surface area contributed by atoms with Gasteiger partial charge in [-0.1, -0.05) is 6.08 Å². The Bertz CT molecular complexity index is 473. The van der Waals surface area contributed by atoms with Crippen molar-refractivity contribution in [2.75, 3.05) is 18.5 Å². The molecule has 0 spiro atoms. The molecular weight excluding hydrogens is 226 g/mol. The van der Waals surface area contributed by atoms with Gasteiger partial charge in [0.25, 0.3) is 0 Å². The number of rotatable bonds is 5. The number of hydrogen-bond donors (Lipinski definition) is 1. The van der Waals surface area contributed by atoms with Gasteiger partial charge in [-0.2, -0.15) is 0 Å². The van der Waals surface area contributed by atoms with Crippen molar-refractivity contribution >= 4 is 17.5 Å². The summed E-state index contributed by atoms with van der Waals surface area (Å²) in [6.07, 6.45) is 2.56. The van der Waals surface area contributed by atoms with Crippen LogP contribution in [0.5, 0.6) is 0 Å². The molecule has 17 heavy (non-hydrogen) atoms. The number of likely N-dealkylation sites (N-methyl/N-ethyl adjacent to an activating group) is 1. The Hall–Kier alpha value is -2.44. The van der Waals surface area contributed by atoms with Crippen molar-refractivity contribution in [1.29, 1.82) is 0 Å². The largest absolute Gasteiger partial charge is 0.477 e. The lowest BCUT2D eigenvalue weighted by Crippen LogP contribution is -2.18. The van der Waals surface area contributed by atoms with Gasteiger partial charge in [-0.05, 0) is 0 Å². The highest BCUT2D eigenvalue weighted by atomic mass is 16.6. The van der Waals surface area contributed by atoms with Crippen LogP contribution in [-0.2, 0) is 0 Å². The Kier molecular flexibility index (Phi) is 3.76. The van der Waals surface area contributed by atoms with E-state index in [0.29, 0.717) is 12.4 Å². The van der Waals surface area contributed by atoms with E-state index in [2.05, 4.69) is 11.6 Å². The van der Waals surface area contributed by atoms with Crippen LogP contribution in [0.3, 0.4) is 0 Å². The SMILES string of the molecule is C=CCN(C)c1cc(C(=O)O)c([N+](=O)[O-])cn1. The third kappa shape index (κ3) is 2.77. The van der Waals surface area contributed by atoms with Crippen LogP contribution in [0.15, 0.2) is 24.9 Å². The van der Waals surface area contributed by atoms with Gasteiger partial charge >= 0.3 is 11.7 Å². The number of anilines is 1. The predicted molar refractivity (Wildman–Crippen MR) is 61.3 cm³/mol. The van der Waals surface area contributed by atoms with E-state index >= 15 is 0 Å². The van der Waals surface area contributed by atoms with Crippen molar-refractivity contribution in [1.82, 2.24) is 4.98 Å². The molecule has 0 fully saturated rings. The zero-order chi connectivity index (χ0) is 13.0. The Balaban J connectivity index is 3.23. The quantitative estimate of drug-likeness (QED) is 0.471. The van der Waals surface area contributed by atoms with Crippen LogP contribution in [0.1, 0.15) is 10.4 Å². The summed E-state index contributed by atoms with van der Waals surface area (Å²) < 4.78 is 0. The van der Waals surface area contributed by atoms with Crippen LogP contribution >= 0.6 is 0 Å². The molecule has 0 aromatic carbocycles. The van der Waals surface area contributed by atoms with Crippen molar-refractivity contribution < 1.29 is 14.8 Å². The monoisotopic (exact) mass is 237 g/mol. The molecule has 0 atom stereocenters. The molecule has 0 aliphatic rings. The van der Waals surface area contributed by atoms with Crippen LogP contribution in [-0.4, -0.2) is 34.6 Å². The first-order chi connectivity index (χ1) is 7.97. The second-order valence-corrected chi connectivity index (χ2v) is 3.29. The standard InChI is InChI=1S/C10H11N3O4/c1-3-4-12(2)9-5-7(10(14)15)8(6-11-9)13(16)17/h3,5-6H,1,4H2,2H3,(H,14,15). The third-order valence-electron chi connectivity index (χ3n) is 2.09. The lowest BCUT2D eigenvalue weighted by atomic mass is 10.2. The molecule has 0 saturated carbocycles. The molecule has 0 saturated heterocycles. The first kappa shape index (κ1) is 12.6. The van der Waals surface area contributed by atoms with Crippen LogP contribution in [0.4, 0.5) is 11.5 Å². The summed E-state index contributed by atoms with van der Waals surface area (Å²) in [6.45, 7) is 4.00. The summed E-state index contributed by atoms with van der Waals surface area (Å²) in [5, 5.41) is 19.5. The zero-order valence-corrected chi connectivity index (χ0v) is 9.16. The molecule has 90 valence electrons. The van der Waals surface area contributed by atoms with E-state index in [0.717, 1.165) is 6.20 Å². The van der Waals surface area contributed by atoms with Gasteiger partial charge in [0.1, 0.15) is 17.6 Å². The van der Waals surface area contributed by atoms with E-state index in [1.165, 1.54) is 6.07 Å². The molecule has 0 aliphatic carbocycles. The van der Waals surface area contributed by atoms with Gasteiger partial charge in [0.05, 0.1) is 4.92 Å². The minimum atomic E-state index is -1.35. The molecule has 7 heteroatoms. The minimum Gasteiger partial charge on any atom is -0.477 e. The Morgan fingerprint density at radius 3 is 2.88 bits per heavy atom. The highest BCUT2D eigenvalue weighted by molar-refractivity contribution is 5.93. The van der Waals surface area contributed by atoms with Gasteiger partial charge in [-0.3, -0.25) is 10.1 Å². The van der Waals surface area contributed by atoms with Crippen molar-refractivity contribution in [3.63, 3.8) is 0 Å². The van der Waals surface area contributed by atoms with E-state index < -0.39 is 16.6 Å². The number of carbonyl (C=O) groups is 1. The van der Waals surface area contributed by atoms with Gasteiger partial charge in [0.15, 0.2) is 0 Å². The summed E-state index contributed by atoms with van der Waals surface area (Å²) in [4.78, 5) is 26.2. The van der Waals surface area contributed by atoms with E-state index in [1.54, 1.807) is 18.0 Å². The molecule has 0 radical (unpaired) electrons. The number of aromatic nitrogens is 1. The summed E-state index contributed by atoms with van der Waals surface area (Å²) in [6, 6.07) is 1.17. The second-order valence-electron chi connectivity index (χ2n) is 3.29. The fraction of sp³-hybridized carbons (Fsp3) is 0.200. The second kappa shape index (κ2) is 5.06. The summed E-state index contributed by atoms with van der Waals surface area (Å²) in [5.74, 6) is -1.01. The minimum absolute atomic E-state index is 0.341. The number of carboxylic acids is 1. The van der Waals surface area contributed by atoms with Gasteiger partial charge < -0.3 is 10.0 Å². The van der Waals surface area contributed by atoms with E-state index in [1.807, 2.05) is 0 Å². The topological polar surface area (TPSA) is 96.6 Å². The lowest BCUT2D eigenvalue weighted by molar-refractivity contribution is -0.385. The van der Waals surface area contributed by atoms with E-state index in [4.69, 9.17) is 5.11 Å². The molecule has 0 bridgehead atoms. The van der Waals surface area contributed by atoms with Gasteiger partial charge in [0.2, 0.25) is 0 Å². The first-order valence-electron chi connectivity index (χ1n) is 4.67. The Labute approximate surface area is 97.2 Å². The highest BCUT2D eigenvalue weighted by Crippen LogP contribution is 2.21. The molecule has 0 unspecified atom stereocenters. The number of nitrogens with zero attached hydrogens (tertiary/aromatic N) is 3. The first-order valence-corrected chi connectivity index (χ1v) is 4.67. The van der Waals surface area contributed by atoms with Crippen LogP contribution in [0.2, 0.25) is 0 Å². The smallest absolute Gasteiger partial charge is 0.342 e. The van der Waals surface area contributed by atoms with E-state index in [9.17, 15) is 14.9 Å². The molecule has 1 N–H and O–H groups in total. The summed E-state index contributed by atoms with van der Waals surface area (Å²) in [5.41, 5.74) is -0.899. The van der Waals surface area contributed by atoms with Crippen molar-refractivity contribution in [3.05, 3.63) is 40.6 Å². The van der Waals surface area contributed by atoms with Gasteiger partial charge in [0, 0.05) is 19.7 Å². The summed E-state index contributed by atoms with van der Waals surface area (Å²) in [7, 11) is 1.68. The van der Waals surface area contributed by atoms with Crippen LogP contribution in [0, 0.1) is 10.1 Å². The maximum Gasteiger partial charge on any atom is 0.342 e. The third-order valence-corrected chi connectivity index (χ3v) is 2.09. The number of hydrogen-bond acceptors (Lipinski definition) is 5. The van der Waals surface area contributed by atoms with Crippen molar-refractivity contribution in [2.24, 2.45) is 0 Å².